The predicted octanol–water partition coefficient (Wildman–Crippen LogP) is 3.99. The van der Waals surface area contributed by atoms with Crippen molar-refractivity contribution < 1.29 is 29.0 Å². The van der Waals surface area contributed by atoms with E-state index in [1.54, 1.807) is 51.4 Å². The molecule has 0 aliphatic carbocycles. The van der Waals surface area contributed by atoms with Crippen LogP contribution in [-0.4, -0.2) is 76.6 Å². The number of benzene rings is 2. The molecule has 2 aromatic rings. The van der Waals surface area contributed by atoms with Crippen molar-refractivity contribution in [1.29, 1.82) is 0 Å². The third-order valence-corrected chi connectivity index (χ3v) is 8.96. The van der Waals surface area contributed by atoms with Crippen molar-refractivity contribution in [3.63, 3.8) is 0 Å². The van der Waals surface area contributed by atoms with Gasteiger partial charge in [-0.05, 0) is 42.3 Å². The molecular formula is C25H29N4O5S3+. The second-order valence-electron chi connectivity index (χ2n) is 7.92. The summed E-state index contributed by atoms with van der Waals surface area (Å²) in [5.41, 5.74) is 1.57. The number of hydrogen-bond donors (Lipinski definition) is 2. The van der Waals surface area contributed by atoms with E-state index in [4.69, 9.17) is 4.74 Å². The first-order valence-corrected chi connectivity index (χ1v) is 15.0. The molecule has 196 valence electrons. The lowest BCUT2D eigenvalue weighted by Gasteiger charge is -2.20. The van der Waals surface area contributed by atoms with Crippen molar-refractivity contribution in [2.75, 3.05) is 37.5 Å². The number of ether oxygens (including phenoxy) is 1. The number of methoxy groups -OCH3 is 1. The average molecular weight is 562 g/mol. The molecule has 2 amide bonds. The number of amides is 2. The highest BCUT2D eigenvalue weighted by molar-refractivity contribution is 8.76. The molecular weight excluding hydrogens is 532 g/mol. The van der Waals surface area contributed by atoms with Crippen molar-refractivity contribution in [2.45, 2.75) is 24.3 Å². The van der Waals surface area contributed by atoms with E-state index in [0.29, 0.717) is 37.5 Å². The molecule has 2 aromatic carbocycles. The van der Waals surface area contributed by atoms with Crippen LogP contribution in [0.3, 0.4) is 0 Å². The molecule has 12 heteroatoms. The van der Waals surface area contributed by atoms with Crippen molar-refractivity contribution in [1.82, 2.24) is 10.2 Å². The van der Waals surface area contributed by atoms with E-state index in [-0.39, 0.29) is 29.4 Å². The molecule has 0 fully saturated rings. The summed E-state index contributed by atoms with van der Waals surface area (Å²) in [7, 11) is 4.77. The molecule has 1 aliphatic heterocycles. The molecule has 0 spiro atoms. The Hall–Kier alpha value is -2.92. The van der Waals surface area contributed by atoms with Gasteiger partial charge in [-0.25, -0.2) is 0 Å². The van der Waals surface area contributed by atoms with E-state index < -0.39 is 5.91 Å². The number of thioether (sulfide) groups is 1. The summed E-state index contributed by atoms with van der Waals surface area (Å²) in [5, 5.41) is 16.4. The Kier molecular flexibility index (Phi) is 11.4. The van der Waals surface area contributed by atoms with E-state index in [1.807, 2.05) is 18.2 Å². The number of nitrogens with one attached hydrogen (secondary N) is 1. The smallest absolute Gasteiger partial charge is 0.296 e. The molecule has 0 unspecified atom stereocenters. The van der Waals surface area contributed by atoms with Gasteiger partial charge in [-0.3, -0.25) is 14.4 Å². The molecule has 9 nitrogen and oxygen atoms in total. The number of rotatable bonds is 12. The maximum Gasteiger partial charge on any atom is 0.296 e. The number of hydrogen-bond acceptors (Lipinski definition) is 9. The zero-order valence-electron chi connectivity index (χ0n) is 20.5. The molecule has 0 bridgehead atoms. The number of phenolic OH excluding ortho intramolecular Hbond substituents is 1. The van der Waals surface area contributed by atoms with Crippen molar-refractivity contribution in [3.05, 3.63) is 47.5 Å². The van der Waals surface area contributed by atoms with E-state index >= 15 is 0 Å². The van der Waals surface area contributed by atoms with Crippen molar-refractivity contribution in [3.8, 4) is 11.5 Å². The molecule has 0 saturated carbocycles. The van der Waals surface area contributed by atoms with E-state index in [9.17, 15) is 19.5 Å². The van der Waals surface area contributed by atoms with Crippen molar-refractivity contribution in [2.24, 2.45) is 5.11 Å². The Morgan fingerprint density at radius 1 is 1.22 bits per heavy atom. The minimum atomic E-state index is -0.428. The first-order valence-electron chi connectivity index (χ1n) is 11.6. The van der Waals surface area contributed by atoms with Gasteiger partial charge in [-0.2, -0.15) is 0 Å². The standard InChI is InChI=1S/C25H28N4O5S3/c1-26-28-18-5-7-20(22(31)15-18)24(32)27-9-12-37-36-11-3-4-21(30)25(33)29-10-13-35-23-8-6-19(34-2)14-17(23)16-29/h5-8,14-15H,1,3-4,9-13,16H2,2H3,(H-,27,31,32)/p+1. The fourth-order valence-corrected chi connectivity index (χ4v) is 6.52. The number of fused-ring (bicyclic) bond motifs is 1. The van der Waals surface area contributed by atoms with Crippen LogP contribution in [0.4, 0.5) is 5.69 Å². The van der Waals surface area contributed by atoms with E-state index in [1.165, 1.54) is 12.1 Å². The van der Waals surface area contributed by atoms with Crippen LogP contribution in [0, 0.1) is 0 Å². The number of ketones is 1. The molecule has 37 heavy (non-hydrogen) atoms. The van der Waals surface area contributed by atoms with Crippen LogP contribution < -0.4 is 10.1 Å². The van der Waals surface area contributed by atoms with E-state index in [0.717, 1.165) is 27.7 Å². The van der Waals surface area contributed by atoms with Gasteiger partial charge in [0.05, 0.1) is 12.7 Å². The quantitative estimate of drug-likeness (QED) is 0.0996. The fraction of sp³-hybridized carbons (Fsp3) is 0.360. The number of nitrogens with zero attached hydrogens (tertiary/aromatic N) is 3. The van der Waals surface area contributed by atoms with Crippen molar-refractivity contribution >= 4 is 63.4 Å². The van der Waals surface area contributed by atoms with Gasteiger partial charge >= 0.3 is 0 Å². The zero-order chi connectivity index (χ0) is 26.6. The molecule has 1 heterocycles. The van der Waals surface area contributed by atoms with Crippen LogP contribution in [0.2, 0.25) is 0 Å². The molecule has 0 radical (unpaired) electrons. The van der Waals surface area contributed by atoms with Gasteiger partial charge in [0.25, 0.3) is 18.5 Å². The fourth-order valence-electron chi connectivity index (χ4n) is 3.52. The first-order chi connectivity index (χ1) is 17.9. The molecule has 2 N–H and O–H groups in total. The lowest BCUT2D eigenvalue weighted by molar-refractivity contribution is -0.144. The Morgan fingerprint density at radius 2 is 2.03 bits per heavy atom. The number of Topliss-reactive ketones (excluding diaryl/α,β-unsaturated/α-hetero) is 1. The van der Waals surface area contributed by atoms with Crippen LogP contribution >= 0.6 is 33.3 Å². The average Bonchev–Trinajstić information content (AvgIpc) is 3.11. The second-order valence-corrected chi connectivity index (χ2v) is 11.8. The summed E-state index contributed by atoms with van der Waals surface area (Å²) < 4.78 is 5.29. The normalized spacial score (nSPS) is 12.6. The van der Waals surface area contributed by atoms with Gasteiger partial charge in [0.15, 0.2) is 5.69 Å². The minimum Gasteiger partial charge on any atom is -0.507 e. The third-order valence-electron chi connectivity index (χ3n) is 5.37. The summed E-state index contributed by atoms with van der Waals surface area (Å²) >= 11 is 1.68. The molecule has 0 atom stereocenters. The Balaban J connectivity index is 1.32. The number of phenols is 1. The molecule has 0 saturated heterocycles. The number of carbonyl (C=O) groups excluding carboxylic acids is 3. The monoisotopic (exact) mass is 561 g/mol. The Morgan fingerprint density at radius 3 is 2.78 bits per heavy atom. The lowest BCUT2D eigenvalue weighted by atomic mass is 10.1. The summed E-state index contributed by atoms with van der Waals surface area (Å²) in [6.07, 6.45) is 0.813. The number of carbonyl (C=O) groups is 3. The van der Waals surface area contributed by atoms with Gasteiger partial charge < -0.3 is 20.1 Å². The molecule has 0 aromatic heterocycles. The summed E-state index contributed by atoms with van der Waals surface area (Å²) in [6, 6.07) is 10.2. The molecule has 3 rings (SSSR count). The highest BCUT2D eigenvalue weighted by atomic mass is 33.1. The summed E-state index contributed by atoms with van der Waals surface area (Å²) in [4.78, 5) is 43.6. The second kappa shape index (κ2) is 14.7. The van der Waals surface area contributed by atoms with E-state index in [2.05, 4.69) is 21.9 Å². The van der Waals surface area contributed by atoms with Crippen LogP contribution in [0.15, 0.2) is 46.4 Å². The first kappa shape index (κ1) is 28.6. The molecule has 1 aliphatic rings. The Labute approximate surface area is 227 Å². The highest BCUT2D eigenvalue weighted by Crippen LogP contribution is 2.31. The SMILES string of the molecule is C=[N+]=Nc1ccc(C(=O)NCCSSCCCC(=O)C(=O)N2CCSc3ccc(OC)cc3C2)c(O)c1. The van der Waals surface area contributed by atoms with Crippen LogP contribution in [0.5, 0.6) is 11.5 Å². The predicted molar refractivity (Wildman–Crippen MR) is 148 cm³/mol. The minimum absolute atomic E-state index is 0.162. The Bertz CT molecular complexity index is 1190. The maximum absolute atomic E-state index is 12.7. The van der Waals surface area contributed by atoms with Gasteiger partial charge in [-0.1, -0.05) is 21.6 Å². The topological polar surface area (TPSA) is 122 Å². The van der Waals surface area contributed by atoms with Gasteiger partial charge in [0, 0.05) is 59.1 Å². The summed E-state index contributed by atoms with van der Waals surface area (Å²) in [5.74, 6) is 1.51. The largest absolute Gasteiger partial charge is 0.507 e. The highest BCUT2D eigenvalue weighted by Gasteiger charge is 2.24. The summed E-state index contributed by atoms with van der Waals surface area (Å²) in [6.45, 7) is 4.61. The van der Waals surface area contributed by atoms with Crippen LogP contribution in [0.25, 0.3) is 0 Å². The lowest BCUT2D eigenvalue weighted by Crippen LogP contribution is -2.37. The maximum atomic E-state index is 12.7. The van der Waals surface area contributed by atoms with Crippen LogP contribution in [-0.2, 0) is 16.1 Å². The third kappa shape index (κ3) is 8.57. The van der Waals surface area contributed by atoms with Gasteiger partial charge in [0.2, 0.25) is 5.78 Å². The van der Waals surface area contributed by atoms with Gasteiger partial charge in [0.1, 0.15) is 16.6 Å². The number of aromatic hydroxyl groups is 1. The van der Waals surface area contributed by atoms with Crippen LogP contribution in [0.1, 0.15) is 28.8 Å². The zero-order valence-corrected chi connectivity index (χ0v) is 22.9. The van der Waals surface area contributed by atoms with Gasteiger partial charge in [-0.15, -0.1) is 11.8 Å².